The van der Waals surface area contributed by atoms with E-state index >= 15 is 0 Å². The number of benzene rings is 1. The van der Waals surface area contributed by atoms with Crippen LogP contribution in [0.1, 0.15) is 25.3 Å². The molecule has 0 aromatic heterocycles. The first-order chi connectivity index (χ1) is 9.65. The van der Waals surface area contributed by atoms with Crippen LogP contribution in [0.2, 0.25) is 0 Å². The molecule has 0 radical (unpaired) electrons. The molecule has 2 atom stereocenters. The van der Waals surface area contributed by atoms with E-state index in [1.807, 2.05) is 37.3 Å². The van der Waals surface area contributed by atoms with Crippen molar-refractivity contribution in [3.05, 3.63) is 35.9 Å². The van der Waals surface area contributed by atoms with Crippen LogP contribution in [0.3, 0.4) is 0 Å². The molecular formula is C15H22O5. The van der Waals surface area contributed by atoms with Gasteiger partial charge in [0.15, 0.2) is 0 Å². The quantitative estimate of drug-likeness (QED) is 0.557. The molecule has 1 aromatic rings. The van der Waals surface area contributed by atoms with Crippen LogP contribution in [0.25, 0.3) is 0 Å². The third-order valence-electron chi connectivity index (χ3n) is 2.95. The summed E-state index contributed by atoms with van der Waals surface area (Å²) in [6.07, 6.45) is -1.74. The largest absolute Gasteiger partial charge is 0.506 e. The van der Waals surface area contributed by atoms with Gasteiger partial charge < -0.3 is 19.3 Å². The Kier molecular flexibility index (Phi) is 7.69. The molecule has 0 saturated carbocycles. The van der Waals surface area contributed by atoms with Gasteiger partial charge in [0, 0.05) is 12.5 Å². The standard InChI is InChI=1S/C15H22O5/c1-3-18-9-10-19-11-14(12(2)20-15(16)17)13-7-5-4-6-8-13/h4-8,12,14H,3,9-11H2,1-2H3,(H,16,17). The van der Waals surface area contributed by atoms with Crippen LogP contribution >= 0.6 is 0 Å². The normalized spacial score (nSPS) is 13.7. The molecule has 112 valence electrons. The lowest BCUT2D eigenvalue weighted by molar-refractivity contribution is 0.00847. The van der Waals surface area contributed by atoms with Crippen LogP contribution in [0, 0.1) is 0 Å². The molecule has 1 N–H and O–H groups in total. The highest BCUT2D eigenvalue weighted by Gasteiger charge is 2.22. The van der Waals surface area contributed by atoms with Gasteiger partial charge >= 0.3 is 6.16 Å². The maximum absolute atomic E-state index is 10.7. The van der Waals surface area contributed by atoms with Crippen LogP contribution in [-0.2, 0) is 14.2 Å². The van der Waals surface area contributed by atoms with Crippen LogP contribution in [-0.4, -0.2) is 43.8 Å². The Morgan fingerprint density at radius 2 is 1.85 bits per heavy atom. The fourth-order valence-corrected chi connectivity index (χ4v) is 1.92. The fraction of sp³-hybridized carbons (Fsp3) is 0.533. The summed E-state index contributed by atoms with van der Waals surface area (Å²) in [5.41, 5.74) is 0.998. The second-order valence-corrected chi connectivity index (χ2v) is 4.38. The third kappa shape index (κ3) is 6.04. The SMILES string of the molecule is CCOCCOCC(c1ccccc1)C(C)OC(=O)O. The smallest absolute Gasteiger partial charge is 0.450 e. The molecule has 20 heavy (non-hydrogen) atoms. The number of ether oxygens (including phenoxy) is 3. The average Bonchev–Trinajstić information content (AvgIpc) is 2.43. The van der Waals surface area contributed by atoms with Crippen LogP contribution in [0.15, 0.2) is 30.3 Å². The summed E-state index contributed by atoms with van der Waals surface area (Å²) in [5.74, 6) is -0.131. The Labute approximate surface area is 119 Å². The van der Waals surface area contributed by atoms with Crippen molar-refractivity contribution in [2.24, 2.45) is 0 Å². The molecular weight excluding hydrogens is 260 g/mol. The van der Waals surface area contributed by atoms with Gasteiger partial charge in [-0.3, -0.25) is 0 Å². The molecule has 1 aromatic carbocycles. The Morgan fingerprint density at radius 3 is 2.45 bits per heavy atom. The average molecular weight is 282 g/mol. The topological polar surface area (TPSA) is 65.0 Å². The third-order valence-corrected chi connectivity index (χ3v) is 2.95. The molecule has 1 rings (SSSR count). The number of carboxylic acid groups (broad SMARTS) is 1. The monoisotopic (exact) mass is 282 g/mol. The Hall–Kier alpha value is -1.59. The number of carbonyl (C=O) groups is 1. The summed E-state index contributed by atoms with van der Waals surface area (Å²) in [7, 11) is 0. The van der Waals surface area contributed by atoms with E-state index in [1.54, 1.807) is 6.92 Å². The van der Waals surface area contributed by atoms with Crippen molar-refractivity contribution in [3.63, 3.8) is 0 Å². The van der Waals surface area contributed by atoms with Crippen molar-refractivity contribution < 1.29 is 24.1 Å². The minimum Gasteiger partial charge on any atom is -0.450 e. The second kappa shape index (κ2) is 9.34. The van der Waals surface area contributed by atoms with Gasteiger partial charge in [0.2, 0.25) is 0 Å². The lowest BCUT2D eigenvalue weighted by atomic mass is 9.95. The zero-order valence-corrected chi connectivity index (χ0v) is 12.0. The van der Waals surface area contributed by atoms with Gasteiger partial charge in [-0.2, -0.15) is 0 Å². The highest BCUT2D eigenvalue weighted by atomic mass is 16.7. The molecule has 5 heteroatoms. The van der Waals surface area contributed by atoms with Crippen LogP contribution in [0.4, 0.5) is 4.79 Å². The Morgan fingerprint density at radius 1 is 1.20 bits per heavy atom. The summed E-state index contributed by atoms with van der Waals surface area (Å²) >= 11 is 0. The van der Waals surface area contributed by atoms with Gasteiger partial charge in [0.25, 0.3) is 0 Å². The van der Waals surface area contributed by atoms with E-state index in [4.69, 9.17) is 19.3 Å². The highest BCUT2D eigenvalue weighted by molar-refractivity contribution is 5.57. The predicted octanol–water partition coefficient (Wildman–Crippen LogP) is 2.91. The number of rotatable bonds is 9. The van der Waals surface area contributed by atoms with E-state index in [-0.39, 0.29) is 5.92 Å². The van der Waals surface area contributed by atoms with E-state index in [1.165, 1.54) is 0 Å². The summed E-state index contributed by atoms with van der Waals surface area (Å²) in [4.78, 5) is 10.7. The fourth-order valence-electron chi connectivity index (χ4n) is 1.92. The molecule has 0 aliphatic heterocycles. The van der Waals surface area contributed by atoms with Gasteiger partial charge in [-0.05, 0) is 19.4 Å². The van der Waals surface area contributed by atoms with Gasteiger partial charge in [-0.15, -0.1) is 0 Å². The number of hydrogen-bond donors (Lipinski definition) is 1. The molecule has 0 heterocycles. The first-order valence-corrected chi connectivity index (χ1v) is 6.75. The minimum absolute atomic E-state index is 0.131. The van der Waals surface area contributed by atoms with Crippen molar-refractivity contribution in [1.29, 1.82) is 0 Å². The molecule has 0 bridgehead atoms. The van der Waals surface area contributed by atoms with Crippen molar-refractivity contribution in [3.8, 4) is 0 Å². The van der Waals surface area contributed by atoms with E-state index in [0.29, 0.717) is 26.4 Å². The van der Waals surface area contributed by atoms with E-state index in [9.17, 15) is 4.79 Å². The zero-order chi connectivity index (χ0) is 14.8. The Bertz CT molecular complexity index is 379. The molecule has 2 unspecified atom stereocenters. The molecule has 0 aliphatic rings. The predicted molar refractivity (Wildman–Crippen MR) is 75.1 cm³/mol. The van der Waals surface area contributed by atoms with Crippen molar-refractivity contribution in [2.45, 2.75) is 25.9 Å². The van der Waals surface area contributed by atoms with Gasteiger partial charge in [-0.1, -0.05) is 30.3 Å². The lowest BCUT2D eigenvalue weighted by Gasteiger charge is -2.23. The molecule has 0 spiro atoms. The number of hydrogen-bond acceptors (Lipinski definition) is 4. The summed E-state index contributed by atoms with van der Waals surface area (Å²) in [6, 6.07) is 9.63. The molecule has 0 fully saturated rings. The van der Waals surface area contributed by atoms with Gasteiger partial charge in [-0.25, -0.2) is 4.79 Å². The van der Waals surface area contributed by atoms with Crippen LogP contribution in [0.5, 0.6) is 0 Å². The van der Waals surface area contributed by atoms with Gasteiger partial charge in [0.05, 0.1) is 19.8 Å². The van der Waals surface area contributed by atoms with Crippen molar-refractivity contribution in [1.82, 2.24) is 0 Å². The zero-order valence-electron chi connectivity index (χ0n) is 12.0. The summed E-state index contributed by atoms with van der Waals surface area (Å²) in [5, 5.41) is 8.74. The maximum atomic E-state index is 10.7. The van der Waals surface area contributed by atoms with Crippen molar-refractivity contribution in [2.75, 3.05) is 26.4 Å². The summed E-state index contributed by atoms with van der Waals surface area (Å²) < 4.78 is 15.6. The van der Waals surface area contributed by atoms with Gasteiger partial charge in [0.1, 0.15) is 6.10 Å². The van der Waals surface area contributed by atoms with E-state index < -0.39 is 12.3 Å². The first-order valence-electron chi connectivity index (χ1n) is 6.75. The first kappa shape index (κ1) is 16.5. The lowest BCUT2D eigenvalue weighted by Crippen LogP contribution is -2.26. The second-order valence-electron chi connectivity index (χ2n) is 4.38. The highest BCUT2D eigenvalue weighted by Crippen LogP contribution is 2.22. The van der Waals surface area contributed by atoms with Crippen molar-refractivity contribution >= 4 is 6.16 Å². The van der Waals surface area contributed by atoms with E-state index in [2.05, 4.69) is 0 Å². The Balaban J connectivity index is 2.58. The maximum Gasteiger partial charge on any atom is 0.506 e. The van der Waals surface area contributed by atoms with Crippen LogP contribution < -0.4 is 0 Å². The summed E-state index contributed by atoms with van der Waals surface area (Å²) in [6.45, 7) is 5.73. The minimum atomic E-state index is -1.27. The molecule has 0 aliphatic carbocycles. The molecule has 0 saturated heterocycles. The van der Waals surface area contributed by atoms with E-state index in [0.717, 1.165) is 5.56 Å². The molecule has 5 nitrogen and oxygen atoms in total. The molecule has 0 amide bonds.